The molecule has 0 atom stereocenters. The lowest BCUT2D eigenvalue weighted by Gasteiger charge is -2.01. The van der Waals surface area contributed by atoms with Crippen LogP contribution in [-0.2, 0) is 0 Å². The van der Waals surface area contributed by atoms with E-state index in [9.17, 15) is 0 Å². The van der Waals surface area contributed by atoms with Crippen molar-refractivity contribution in [3.63, 3.8) is 0 Å². The third-order valence-electron chi connectivity index (χ3n) is 3.21. The summed E-state index contributed by atoms with van der Waals surface area (Å²) >= 11 is 1.99. The highest BCUT2D eigenvalue weighted by Crippen LogP contribution is 2.31. The molecule has 0 spiro atoms. The van der Waals surface area contributed by atoms with Gasteiger partial charge in [0.1, 0.15) is 0 Å². The van der Waals surface area contributed by atoms with Crippen molar-refractivity contribution >= 4 is 23.9 Å². The first-order valence-corrected chi connectivity index (χ1v) is 7.67. The molecule has 94 valence electrons. The first kappa shape index (κ1) is 12.3. The molecule has 1 heterocycles. The number of benzene rings is 2. The molecule has 0 amide bonds. The van der Waals surface area contributed by atoms with Crippen LogP contribution in [-0.4, -0.2) is 11.5 Å². The molecule has 1 saturated heterocycles. The summed E-state index contributed by atoms with van der Waals surface area (Å²) in [4.78, 5) is 0. The average molecular weight is 264 g/mol. The first-order chi connectivity index (χ1) is 9.42. The Kier molecular flexibility index (Phi) is 3.85. The van der Waals surface area contributed by atoms with E-state index in [1.165, 1.54) is 22.3 Å². The van der Waals surface area contributed by atoms with E-state index < -0.39 is 0 Å². The van der Waals surface area contributed by atoms with Gasteiger partial charge < -0.3 is 0 Å². The third kappa shape index (κ3) is 3.18. The maximum Gasteiger partial charge on any atom is 0.0191 e. The van der Waals surface area contributed by atoms with Gasteiger partial charge in [0.25, 0.3) is 0 Å². The zero-order valence-corrected chi connectivity index (χ0v) is 11.6. The standard InChI is InChI=1S/C18H16S/c1-3-7-15(8-4-1)11-17-13-19-14-18(17)12-16-9-5-2-6-10-16/h1-12H,13-14H2/b17-11-,18-12+. The average Bonchev–Trinajstić information content (AvgIpc) is 2.88. The highest BCUT2D eigenvalue weighted by atomic mass is 32.2. The fourth-order valence-corrected chi connectivity index (χ4v) is 3.31. The molecule has 0 aliphatic carbocycles. The molecule has 3 rings (SSSR count). The molecule has 1 aliphatic heterocycles. The second kappa shape index (κ2) is 5.94. The van der Waals surface area contributed by atoms with Gasteiger partial charge in [0.05, 0.1) is 0 Å². The Balaban J connectivity index is 1.90. The lowest BCUT2D eigenvalue weighted by atomic mass is 10.0. The van der Waals surface area contributed by atoms with Crippen LogP contribution in [0.25, 0.3) is 12.2 Å². The van der Waals surface area contributed by atoms with Crippen molar-refractivity contribution in [2.45, 2.75) is 0 Å². The molecule has 2 aromatic carbocycles. The Morgan fingerprint density at radius 2 is 1.05 bits per heavy atom. The van der Waals surface area contributed by atoms with Gasteiger partial charge in [-0.3, -0.25) is 0 Å². The van der Waals surface area contributed by atoms with Crippen LogP contribution in [0.2, 0.25) is 0 Å². The highest BCUT2D eigenvalue weighted by Gasteiger charge is 2.13. The van der Waals surface area contributed by atoms with Crippen LogP contribution in [0.15, 0.2) is 71.8 Å². The molecule has 0 bridgehead atoms. The van der Waals surface area contributed by atoms with Gasteiger partial charge in [-0.2, -0.15) is 11.8 Å². The molecule has 0 saturated carbocycles. The summed E-state index contributed by atoms with van der Waals surface area (Å²) in [6.45, 7) is 0. The van der Waals surface area contributed by atoms with Crippen molar-refractivity contribution in [2.24, 2.45) is 0 Å². The molecule has 2 aromatic rings. The first-order valence-electron chi connectivity index (χ1n) is 6.51. The van der Waals surface area contributed by atoms with E-state index >= 15 is 0 Å². The third-order valence-corrected chi connectivity index (χ3v) is 4.24. The van der Waals surface area contributed by atoms with E-state index in [0.717, 1.165) is 11.5 Å². The van der Waals surface area contributed by atoms with Gasteiger partial charge in [-0.25, -0.2) is 0 Å². The molecular weight excluding hydrogens is 248 g/mol. The highest BCUT2D eigenvalue weighted by molar-refractivity contribution is 8.00. The van der Waals surface area contributed by atoms with Crippen LogP contribution < -0.4 is 0 Å². The zero-order chi connectivity index (χ0) is 12.9. The predicted octanol–water partition coefficient (Wildman–Crippen LogP) is 4.90. The Labute approximate surface area is 118 Å². The van der Waals surface area contributed by atoms with E-state index in [4.69, 9.17) is 0 Å². The zero-order valence-electron chi connectivity index (χ0n) is 10.8. The molecule has 19 heavy (non-hydrogen) atoms. The molecule has 1 heteroatoms. The molecular formula is C18H16S. The van der Waals surface area contributed by atoms with Gasteiger partial charge in [-0.15, -0.1) is 0 Å². The predicted molar refractivity (Wildman–Crippen MR) is 86.2 cm³/mol. The van der Waals surface area contributed by atoms with Gasteiger partial charge in [0, 0.05) is 11.5 Å². The van der Waals surface area contributed by atoms with Gasteiger partial charge >= 0.3 is 0 Å². The summed E-state index contributed by atoms with van der Waals surface area (Å²) in [7, 11) is 0. The fourth-order valence-electron chi connectivity index (χ4n) is 2.23. The number of hydrogen-bond donors (Lipinski definition) is 0. The van der Waals surface area contributed by atoms with Gasteiger partial charge in [-0.1, -0.05) is 72.8 Å². The molecule has 1 fully saturated rings. The van der Waals surface area contributed by atoms with Crippen molar-refractivity contribution in [1.29, 1.82) is 0 Å². The summed E-state index contributed by atoms with van der Waals surface area (Å²) in [5.74, 6) is 2.24. The number of hydrogen-bond acceptors (Lipinski definition) is 1. The monoisotopic (exact) mass is 264 g/mol. The number of thioether (sulfide) groups is 1. The Hall–Kier alpha value is -1.73. The lowest BCUT2D eigenvalue weighted by molar-refractivity contribution is 1.47. The van der Waals surface area contributed by atoms with Crippen molar-refractivity contribution in [2.75, 3.05) is 11.5 Å². The molecule has 0 radical (unpaired) electrons. The van der Waals surface area contributed by atoms with Crippen LogP contribution in [0.1, 0.15) is 11.1 Å². The van der Waals surface area contributed by atoms with E-state index in [0.29, 0.717) is 0 Å². The maximum absolute atomic E-state index is 2.31. The second-order valence-electron chi connectivity index (χ2n) is 4.65. The van der Waals surface area contributed by atoms with E-state index in [1.54, 1.807) is 0 Å². The van der Waals surface area contributed by atoms with Gasteiger partial charge in [0.2, 0.25) is 0 Å². The minimum Gasteiger partial charge on any atom is -0.152 e. The molecule has 0 nitrogen and oxygen atoms in total. The minimum atomic E-state index is 1.12. The Morgan fingerprint density at radius 3 is 1.47 bits per heavy atom. The van der Waals surface area contributed by atoms with Crippen molar-refractivity contribution < 1.29 is 0 Å². The van der Waals surface area contributed by atoms with Gasteiger partial charge in [0.15, 0.2) is 0 Å². The van der Waals surface area contributed by atoms with Crippen molar-refractivity contribution in [3.8, 4) is 0 Å². The second-order valence-corrected chi connectivity index (χ2v) is 5.64. The van der Waals surface area contributed by atoms with E-state index in [1.807, 2.05) is 11.8 Å². The van der Waals surface area contributed by atoms with Crippen LogP contribution in [0.4, 0.5) is 0 Å². The normalized spacial score (nSPS) is 19.2. The maximum atomic E-state index is 2.31. The largest absolute Gasteiger partial charge is 0.152 e. The van der Waals surface area contributed by atoms with E-state index in [2.05, 4.69) is 72.8 Å². The SMILES string of the molecule is C(=C1/CSC/C1=C/c1ccccc1)/c1ccccc1. The smallest absolute Gasteiger partial charge is 0.0191 e. The Morgan fingerprint density at radius 1 is 0.632 bits per heavy atom. The van der Waals surface area contributed by atoms with Crippen LogP contribution in [0.3, 0.4) is 0 Å². The van der Waals surface area contributed by atoms with Crippen LogP contribution in [0, 0.1) is 0 Å². The molecule has 0 aromatic heterocycles. The summed E-state index contributed by atoms with van der Waals surface area (Å²) in [6.07, 6.45) is 4.63. The fraction of sp³-hybridized carbons (Fsp3) is 0.111. The van der Waals surface area contributed by atoms with Gasteiger partial charge in [-0.05, 0) is 22.3 Å². The number of rotatable bonds is 2. The van der Waals surface area contributed by atoms with Crippen molar-refractivity contribution in [1.82, 2.24) is 0 Å². The summed E-state index contributed by atoms with van der Waals surface area (Å²) in [6, 6.07) is 21.1. The van der Waals surface area contributed by atoms with Crippen molar-refractivity contribution in [3.05, 3.63) is 82.9 Å². The summed E-state index contributed by atoms with van der Waals surface area (Å²) < 4.78 is 0. The molecule has 1 aliphatic rings. The van der Waals surface area contributed by atoms with Crippen LogP contribution in [0.5, 0.6) is 0 Å². The molecule has 0 N–H and O–H groups in total. The van der Waals surface area contributed by atoms with E-state index in [-0.39, 0.29) is 0 Å². The minimum absolute atomic E-state index is 1.12. The summed E-state index contributed by atoms with van der Waals surface area (Å²) in [5.41, 5.74) is 5.50. The Bertz CT molecular complexity index is 539. The lowest BCUT2D eigenvalue weighted by Crippen LogP contribution is -1.86. The molecule has 0 unspecified atom stereocenters. The van der Waals surface area contributed by atoms with Crippen LogP contribution >= 0.6 is 11.8 Å². The summed E-state index contributed by atoms with van der Waals surface area (Å²) in [5, 5.41) is 0. The quantitative estimate of drug-likeness (QED) is 0.743. The topological polar surface area (TPSA) is 0 Å².